The van der Waals surface area contributed by atoms with E-state index in [2.05, 4.69) is 54.7 Å². The molecule has 0 unspecified atom stereocenters. The third-order valence-corrected chi connectivity index (χ3v) is 3.08. The zero-order valence-corrected chi connectivity index (χ0v) is 10.2. The predicted octanol–water partition coefficient (Wildman–Crippen LogP) is 2.87. The average molecular weight is 229 g/mol. The first-order chi connectivity index (χ1) is 8.33. The SMILES string of the molecule is C[C@H](NCCCO)c1cccc2ccccc12. The van der Waals surface area contributed by atoms with Crippen LogP contribution < -0.4 is 5.32 Å². The summed E-state index contributed by atoms with van der Waals surface area (Å²) in [4.78, 5) is 0. The second-order valence-corrected chi connectivity index (χ2v) is 4.32. The number of rotatable bonds is 5. The van der Waals surface area contributed by atoms with E-state index in [0.717, 1.165) is 13.0 Å². The summed E-state index contributed by atoms with van der Waals surface area (Å²) >= 11 is 0. The van der Waals surface area contributed by atoms with Crippen molar-refractivity contribution in [3.8, 4) is 0 Å². The Morgan fingerprint density at radius 2 is 1.88 bits per heavy atom. The normalized spacial score (nSPS) is 12.8. The summed E-state index contributed by atoms with van der Waals surface area (Å²) in [6.45, 7) is 3.26. The average Bonchev–Trinajstić information content (AvgIpc) is 2.38. The third kappa shape index (κ3) is 2.84. The molecular formula is C15H19NO. The summed E-state index contributed by atoms with van der Waals surface area (Å²) < 4.78 is 0. The lowest BCUT2D eigenvalue weighted by Crippen LogP contribution is -2.20. The van der Waals surface area contributed by atoms with Gasteiger partial charge in [0.05, 0.1) is 0 Å². The second kappa shape index (κ2) is 5.80. The fourth-order valence-electron chi connectivity index (χ4n) is 2.14. The van der Waals surface area contributed by atoms with E-state index in [1.807, 2.05) is 0 Å². The van der Waals surface area contributed by atoms with E-state index in [9.17, 15) is 0 Å². The molecule has 0 heterocycles. The van der Waals surface area contributed by atoms with Crippen molar-refractivity contribution in [1.29, 1.82) is 0 Å². The molecule has 2 heteroatoms. The van der Waals surface area contributed by atoms with E-state index >= 15 is 0 Å². The van der Waals surface area contributed by atoms with Gasteiger partial charge in [0, 0.05) is 12.6 Å². The maximum atomic E-state index is 8.78. The van der Waals surface area contributed by atoms with E-state index in [1.165, 1.54) is 16.3 Å². The summed E-state index contributed by atoms with van der Waals surface area (Å²) in [5.41, 5.74) is 1.32. The van der Waals surface area contributed by atoms with Gasteiger partial charge in [0.15, 0.2) is 0 Å². The first-order valence-corrected chi connectivity index (χ1v) is 6.15. The number of aliphatic hydroxyl groups is 1. The molecule has 2 nitrogen and oxygen atoms in total. The number of fused-ring (bicyclic) bond motifs is 1. The van der Waals surface area contributed by atoms with Crippen LogP contribution in [0.4, 0.5) is 0 Å². The lowest BCUT2D eigenvalue weighted by molar-refractivity contribution is 0.284. The van der Waals surface area contributed by atoms with E-state index in [1.54, 1.807) is 0 Å². The number of nitrogens with one attached hydrogen (secondary N) is 1. The van der Waals surface area contributed by atoms with Crippen LogP contribution in [0.1, 0.15) is 24.9 Å². The molecule has 0 aliphatic carbocycles. The highest BCUT2D eigenvalue weighted by molar-refractivity contribution is 5.86. The molecule has 0 saturated heterocycles. The standard InChI is InChI=1S/C15H19NO/c1-12(16-10-5-11-17)14-9-4-7-13-6-2-3-8-15(13)14/h2-4,6-9,12,16-17H,5,10-11H2,1H3/t12-/m0/s1. The number of hydrogen-bond acceptors (Lipinski definition) is 2. The van der Waals surface area contributed by atoms with Crippen LogP contribution in [0.2, 0.25) is 0 Å². The minimum atomic E-state index is 0.245. The molecular weight excluding hydrogens is 210 g/mol. The van der Waals surface area contributed by atoms with Gasteiger partial charge in [-0.1, -0.05) is 42.5 Å². The van der Waals surface area contributed by atoms with Gasteiger partial charge in [-0.05, 0) is 36.2 Å². The molecule has 0 aromatic heterocycles. The van der Waals surface area contributed by atoms with Crippen molar-refractivity contribution in [2.24, 2.45) is 0 Å². The first-order valence-electron chi connectivity index (χ1n) is 6.15. The third-order valence-electron chi connectivity index (χ3n) is 3.08. The van der Waals surface area contributed by atoms with E-state index in [4.69, 9.17) is 5.11 Å². The Balaban J connectivity index is 2.22. The minimum Gasteiger partial charge on any atom is -0.396 e. The van der Waals surface area contributed by atoms with Gasteiger partial charge in [-0.25, -0.2) is 0 Å². The van der Waals surface area contributed by atoms with E-state index < -0.39 is 0 Å². The van der Waals surface area contributed by atoms with Gasteiger partial charge in [0.2, 0.25) is 0 Å². The van der Waals surface area contributed by atoms with Gasteiger partial charge >= 0.3 is 0 Å². The van der Waals surface area contributed by atoms with E-state index in [-0.39, 0.29) is 6.61 Å². The Morgan fingerprint density at radius 3 is 2.71 bits per heavy atom. The van der Waals surface area contributed by atoms with Crippen LogP contribution in [-0.2, 0) is 0 Å². The molecule has 0 aliphatic rings. The molecule has 90 valence electrons. The van der Waals surface area contributed by atoms with Crippen molar-refractivity contribution in [3.05, 3.63) is 48.0 Å². The summed E-state index contributed by atoms with van der Waals surface area (Å²) in [5.74, 6) is 0. The Bertz CT molecular complexity index is 476. The summed E-state index contributed by atoms with van der Waals surface area (Å²) in [6.07, 6.45) is 0.801. The van der Waals surface area contributed by atoms with Gasteiger partial charge in [0.25, 0.3) is 0 Å². The maximum Gasteiger partial charge on any atom is 0.0443 e. The first kappa shape index (κ1) is 12.1. The largest absolute Gasteiger partial charge is 0.396 e. The molecule has 2 aromatic rings. The molecule has 0 bridgehead atoms. The van der Waals surface area contributed by atoms with E-state index in [0.29, 0.717) is 6.04 Å². The van der Waals surface area contributed by atoms with Crippen molar-refractivity contribution >= 4 is 10.8 Å². The Morgan fingerprint density at radius 1 is 1.12 bits per heavy atom. The minimum absolute atomic E-state index is 0.245. The molecule has 2 N–H and O–H groups in total. The number of hydrogen-bond donors (Lipinski definition) is 2. The molecule has 0 fully saturated rings. The molecule has 2 rings (SSSR count). The van der Waals surface area contributed by atoms with Crippen LogP contribution in [0, 0.1) is 0 Å². The van der Waals surface area contributed by atoms with Gasteiger partial charge < -0.3 is 10.4 Å². The number of benzene rings is 2. The highest BCUT2D eigenvalue weighted by Gasteiger charge is 2.07. The molecule has 17 heavy (non-hydrogen) atoms. The van der Waals surface area contributed by atoms with Crippen molar-refractivity contribution < 1.29 is 5.11 Å². The quantitative estimate of drug-likeness (QED) is 0.773. The zero-order valence-electron chi connectivity index (χ0n) is 10.2. The molecule has 0 amide bonds. The molecule has 0 saturated carbocycles. The van der Waals surface area contributed by atoms with Crippen LogP contribution in [-0.4, -0.2) is 18.3 Å². The van der Waals surface area contributed by atoms with Crippen molar-refractivity contribution in [2.75, 3.05) is 13.2 Å². The number of aliphatic hydroxyl groups excluding tert-OH is 1. The van der Waals surface area contributed by atoms with Crippen molar-refractivity contribution in [1.82, 2.24) is 5.32 Å². The van der Waals surface area contributed by atoms with Crippen LogP contribution in [0.15, 0.2) is 42.5 Å². The van der Waals surface area contributed by atoms with Crippen molar-refractivity contribution in [2.45, 2.75) is 19.4 Å². The van der Waals surface area contributed by atoms with Crippen LogP contribution in [0.3, 0.4) is 0 Å². The maximum absolute atomic E-state index is 8.78. The molecule has 0 aliphatic heterocycles. The predicted molar refractivity (Wildman–Crippen MR) is 72.1 cm³/mol. The van der Waals surface area contributed by atoms with Gasteiger partial charge in [-0.3, -0.25) is 0 Å². The van der Waals surface area contributed by atoms with Gasteiger partial charge in [-0.2, -0.15) is 0 Å². The fraction of sp³-hybridized carbons (Fsp3) is 0.333. The summed E-state index contributed by atoms with van der Waals surface area (Å²) in [5, 5.41) is 14.8. The Kier molecular flexibility index (Phi) is 4.13. The Labute approximate surface area is 102 Å². The molecule has 0 spiro atoms. The highest BCUT2D eigenvalue weighted by Crippen LogP contribution is 2.23. The summed E-state index contributed by atoms with van der Waals surface area (Å²) in [6, 6.07) is 15.2. The Hall–Kier alpha value is -1.38. The molecule has 0 radical (unpaired) electrons. The second-order valence-electron chi connectivity index (χ2n) is 4.32. The fourth-order valence-corrected chi connectivity index (χ4v) is 2.14. The van der Waals surface area contributed by atoms with Gasteiger partial charge in [-0.15, -0.1) is 0 Å². The molecule has 2 aromatic carbocycles. The lowest BCUT2D eigenvalue weighted by Gasteiger charge is -2.16. The monoisotopic (exact) mass is 229 g/mol. The molecule has 1 atom stereocenters. The van der Waals surface area contributed by atoms with Crippen LogP contribution in [0.5, 0.6) is 0 Å². The topological polar surface area (TPSA) is 32.3 Å². The van der Waals surface area contributed by atoms with Crippen LogP contribution in [0.25, 0.3) is 10.8 Å². The highest BCUT2D eigenvalue weighted by atomic mass is 16.3. The smallest absolute Gasteiger partial charge is 0.0443 e. The summed E-state index contributed by atoms with van der Waals surface area (Å²) in [7, 11) is 0. The zero-order chi connectivity index (χ0) is 12.1. The van der Waals surface area contributed by atoms with Crippen LogP contribution >= 0.6 is 0 Å². The lowest BCUT2D eigenvalue weighted by atomic mass is 10.00. The van der Waals surface area contributed by atoms with Gasteiger partial charge in [0.1, 0.15) is 0 Å². The van der Waals surface area contributed by atoms with Crippen molar-refractivity contribution in [3.63, 3.8) is 0 Å².